The number of benzene rings is 6. The van der Waals surface area contributed by atoms with Gasteiger partial charge in [0.05, 0.1) is 23.8 Å². The van der Waals surface area contributed by atoms with Gasteiger partial charge in [0.25, 0.3) is 0 Å². The Bertz CT molecular complexity index is 2050. The van der Waals surface area contributed by atoms with Crippen molar-refractivity contribution in [2.75, 3.05) is 13.2 Å². The predicted molar refractivity (Wildman–Crippen MR) is 196 cm³/mol. The first-order valence-electron chi connectivity index (χ1n) is 15.1. The number of rotatable bonds is 12. The highest BCUT2D eigenvalue weighted by molar-refractivity contribution is 7.62. The van der Waals surface area contributed by atoms with Crippen LogP contribution in [0.25, 0.3) is 22.3 Å². The van der Waals surface area contributed by atoms with E-state index < -0.39 is 15.6 Å². The number of ether oxygens (including phenoxy) is 2. The highest BCUT2D eigenvalue weighted by atomic mass is 35.5. The third kappa shape index (κ3) is 7.65. The quantitative estimate of drug-likeness (QED) is 0.0946. The van der Waals surface area contributed by atoms with Crippen LogP contribution in [0.3, 0.4) is 0 Å². The van der Waals surface area contributed by atoms with Crippen LogP contribution in [0, 0.1) is 0 Å². The summed E-state index contributed by atoms with van der Waals surface area (Å²) in [5.41, 5.74) is 3.35. The molecule has 2 atom stereocenters. The summed E-state index contributed by atoms with van der Waals surface area (Å²) in [4.78, 5) is 0. The number of halogens is 2. The lowest BCUT2D eigenvalue weighted by Crippen LogP contribution is -2.12. The van der Waals surface area contributed by atoms with Crippen LogP contribution in [0.5, 0.6) is 11.5 Å². The summed E-state index contributed by atoms with van der Waals surface area (Å²) in [6, 6.07) is 45.2. The van der Waals surface area contributed by atoms with Crippen LogP contribution in [0.2, 0.25) is 10.0 Å². The molecule has 47 heavy (non-hydrogen) atoms. The van der Waals surface area contributed by atoms with Crippen molar-refractivity contribution < 1.29 is 18.6 Å². The van der Waals surface area contributed by atoms with E-state index in [-0.39, 0.29) is 0 Å². The van der Waals surface area contributed by atoms with Crippen molar-refractivity contribution in [3.05, 3.63) is 156 Å². The fourth-order valence-corrected chi connectivity index (χ4v) is 8.63. The summed E-state index contributed by atoms with van der Waals surface area (Å²) < 4.78 is 39.5. The first kappa shape index (κ1) is 32.6. The van der Waals surface area contributed by atoms with Crippen LogP contribution >= 0.6 is 38.8 Å². The van der Waals surface area contributed by atoms with Crippen molar-refractivity contribution in [1.82, 2.24) is 0 Å². The van der Waals surface area contributed by atoms with Gasteiger partial charge in [-0.2, -0.15) is 0 Å². The van der Waals surface area contributed by atoms with Gasteiger partial charge in [-0.25, -0.2) is 0 Å². The molecule has 0 aliphatic rings. The highest BCUT2D eigenvalue weighted by Crippen LogP contribution is 2.41. The van der Waals surface area contributed by atoms with E-state index in [9.17, 15) is 9.13 Å². The molecule has 0 N–H and O–H groups in total. The minimum Gasteiger partial charge on any atom is -0.493 e. The fourth-order valence-electron chi connectivity index (χ4n) is 5.31. The van der Waals surface area contributed by atoms with E-state index in [2.05, 4.69) is 0 Å². The molecule has 4 nitrogen and oxygen atoms in total. The number of para-hydroxylation sites is 2. The number of hydrogen-bond acceptors (Lipinski definition) is 4. The number of hydrogen-bond donors (Lipinski definition) is 0. The van der Waals surface area contributed by atoms with E-state index in [0.717, 1.165) is 22.0 Å². The van der Waals surface area contributed by atoms with Crippen molar-refractivity contribution in [3.8, 4) is 33.8 Å². The van der Waals surface area contributed by atoms with Gasteiger partial charge in [-0.1, -0.05) is 117 Å². The zero-order valence-corrected chi connectivity index (χ0v) is 28.6. The molecule has 0 heterocycles. The smallest absolute Gasteiger partial charge is 0.419 e. The summed E-state index contributed by atoms with van der Waals surface area (Å²) in [7, 11) is -3.74. The molecule has 0 radical (unpaired) electrons. The Morgan fingerprint density at radius 2 is 1.04 bits per heavy atom. The molecule has 0 spiro atoms. The standard InChI is InChI=1S/C39H30Cl2O4P2/c40-28-13-10-16-30(27-28)47(43)38-24-11-20-34(41)39(38)33-19-5-4-17-31(33)32-18-6-7-21-35(32)44-25-12-26-45-36-22-8-9-23-37(36)46(42)29-14-2-1-3-15-29/h1-11,13-24,27H,12,25-26H2/q+2. The normalized spacial score (nSPS) is 11.5. The van der Waals surface area contributed by atoms with Gasteiger partial charge in [0.1, 0.15) is 5.75 Å². The van der Waals surface area contributed by atoms with Crippen LogP contribution in [-0.2, 0) is 9.13 Å². The summed E-state index contributed by atoms with van der Waals surface area (Å²) in [6.07, 6.45) is 0.612. The van der Waals surface area contributed by atoms with Crippen molar-refractivity contribution in [3.63, 3.8) is 0 Å². The largest absolute Gasteiger partial charge is 0.493 e. The van der Waals surface area contributed by atoms with E-state index in [1.807, 2.05) is 127 Å². The summed E-state index contributed by atoms with van der Waals surface area (Å²) in [6.45, 7) is 0.803. The third-order valence-corrected chi connectivity index (χ3v) is 11.2. The van der Waals surface area contributed by atoms with Gasteiger partial charge in [-0.3, -0.25) is 0 Å². The predicted octanol–water partition coefficient (Wildman–Crippen LogP) is 9.73. The molecular formula is C39H30Cl2O4P2+2. The van der Waals surface area contributed by atoms with Crippen molar-refractivity contribution in [2.24, 2.45) is 0 Å². The molecule has 6 aromatic carbocycles. The molecule has 0 aromatic heterocycles. The third-order valence-electron chi connectivity index (χ3n) is 7.51. The molecule has 0 fully saturated rings. The van der Waals surface area contributed by atoms with Crippen LogP contribution in [-0.4, -0.2) is 13.2 Å². The maximum absolute atomic E-state index is 13.9. The Hall–Kier alpha value is -4.30. The Morgan fingerprint density at radius 3 is 1.81 bits per heavy atom. The van der Waals surface area contributed by atoms with E-state index in [1.54, 1.807) is 18.2 Å². The average molecular weight is 696 g/mol. The average Bonchev–Trinajstić information content (AvgIpc) is 3.11. The summed E-state index contributed by atoms with van der Waals surface area (Å²) in [5, 5.41) is 3.73. The maximum Gasteiger partial charge on any atom is 0.419 e. The van der Waals surface area contributed by atoms with Gasteiger partial charge < -0.3 is 9.47 Å². The van der Waals surface area contributed by atoms with E-state index >= 15 is 0 Å². The maximum atomic E-state index is 13.9. The van der Waals surface area contributed by atoms with Crippen LogP contribution in [0.4, 0.5) is 0 Å². The van der Waals surface area contributed by atoms with Gasteiger partial charge >= 0.3 is 15.6 Å². The molecule has 6 aromatic rings. The first-order valence-corrected chi connectivity index (χ1v) is 18.4. The SMILES string of the molecule is O=[P+](c1ccccc1)c1ccccc1OCCCOc1ccccc1-c1ccccc1-c1c(Cl)cccc1[P+](=O)c1cccc(Cl)c1. The second-order valence-electron chi connectivity index (χ2n) is 10.6. The zero-order chi connectivity index (χ0) is 32.6. The highest BCUT2D eigenvalue weighted by Gasteiger charge is 2.31. The van der Waals surface area contributed by atoms with E-state index in [1.165, 1.54) is 0 Å². The monoisotopic (exact) mass is 694 g/mol. The van der Waals surface area contributed by atoms with Crippen LogP contribution in [0.15, 0.2) is 146 Å². The first-order chi connectivity index (χ1) is 23.0. The van der Waals surface area contributed by atoms with Crippen LogP contribution in [0.1, 0.15) is 6.42 Å². The molecular weight excluding hydrogens is 665 g/mol. The molecule has 6 rings (SSSR count). The van der Waals surface area contributed by atoms with Gasteiger partial charge in [0.2, 0.25) is 10.6 Å². The lowest BCUT2D eigenvalue weighted by atomic mass is 9.94. The lowest BCUT2D eigenvalue weighted by molar-refractivity contribution is 0.249. The second-order valence-corrected chi connectivity index (χ2v) is 14.6. The van der Waals surface area contributed by atoms with Gasteiger partial charge in [-0.15, -0.1) is 0 Å². The summed E-state index contributed by atoms with van der Waals surface area (Å²) in [5.74, 6) is 1.32. The minimum absolute atomic E-state index is 0.396. The van der Waals surface area contributed by atoms with E-state index in [0.29, 0.717) is 62.7 Å². The summed E-state index contributed by atoms with van der Waals surface area (Å²) >= 11 is 13.1. The second kappa shape index (κ2) is 15.5. The molecule has 0 aliphatic heterocycles. The van der Waals surface area contributed by atoms with Crippen molar-refractivity contribution >= 4 is 60.0 Å². The Labute approximate surface area is 286 Å². The molecule has 0 bridgehead atoms. The molecule has 0 saturated carbocycles. The topological polar surface area (TPSA) is 52.6 Å². The fraction of sp³-hybridized carbons (Fsp3) is 0.0769. The molecule has 0 saturated heterocycles. The lowest BCUT2D eigenvalue weighted by Gasteiger charge is -2.16. The van der Waals surface area contributed by atoms with E-state index in [4.69, 9.17) is 32.7 Å². The van der Waals surface area contributed by atoms with Crippen molar-refractivity contribution in [2.45, 2.75) is 6.42 Å². The molecule has 232 valence electrons. The molecule has 2 unspecified atom stereocenters. The Kier molecular flexibility index (Phi) is 10.8. The van der Waals surface area contributed by atoms with Gasteiger partial charge in [0, 0.05) is 23.1 Å². The van der Waals surface area contributed by atoms with Crippen LogP contribution < -0.4 is 30.7 Å². The molecule has 8 heteroatoms. The Balaban J connectivity index is 1.20. The zero-order valence-electron chi connectivity index (χ0n) is 25.3. The Morgan fingerprint density at radius 1 is 0.489 bits per heavy atom. The van der Waals surface area contributed by atoms with Gasteiger partial charge in [-0.05, 0) is 65.7 Å². The van der Waals surface area contributed by atoms with Crippen molar-refractivity contribution in [1.29, 1.82) is 0 Å². The minimum atomic E-state index is -1.97. The molecule has 0 aliphatic carbocycles. The van der Waals surface area contributed by atoms with Gasteiger partial charge in [0.15, 0.2) is 16.4 Å². The molecule has 0 amide bonds.